The predicted octanol–water partition coefficient (Wildman–Crippen LogP) is 1.33. The van der Waals surface area contributed by atoms with Gasteiger partial charge in [-0.05, 0) is 36.5 Å². The minimum atomic E-state index is 0.0602. The Morgan fingerprint density at radius 3 is 3.33 bits per heavy atom. The fraction of sp³-hybridized carbons (Fsp3) is 0.143. The predicted molar refractivity (Wildman–Crippen MR) is 49.9 cm³/mol. The zero-order valence-corrected chi connectivity index (χ0v) is 7.13. The summed E-state index contributed by atoms with van der Waals surface area (Å²) in [5, 5.41) is 0. The first-order chi connectivity index (χ1) is 4.43. The topological polar surface area (TPSA) is 26.0 Å². The number of halogens is 1. The van der Waals surface area contributed by atoms with Gasteiger partial charge in [-0.1, -0.05) is 15.8 Å². The Bertz CT molecular complexity index is 207. The smallest absolute Gasteiger partial charge is 0.0184 e. The Labute approximate surface area is 64.7 Å². The summed E-state index contributed by atoms with van der Waals surface area (Å²) in [4.78, 5) is 0. The quantitative estimate of drug-likeness (QED) is 0.679. The highest BCUT2D eigenvalue weighted by Gasteiger charge is 1.84. The van der Waals surface area contributed by atoms with Gasteiger partial charge in [0.25, 0.3) is 0 Å². The fourth-order valence-electron chi connectivity index (χ4n) is 0.509. The van der Waals surface area contributed by atoms with Crippen molar-refractivity contribution >= 4 is 24.4 Å². The average molecular weight is 233 g/mol. The number of nitrogens with two attached hydrogens (primary N) is 1. The normalized spacial score (nSPS) is 16.3. The Morgan fingerprint density at radius 1 is 1.67 bits per heavy atom. The van der Waals surface area contributed by atoms with E-state index in [0.717, 1.165) is 0 Å². The number of hydrogen-bond donors (Lipinski definition) is 1. The van der Waals surface area contributed by atoms with Gasteiger partial charge < -0.3 is 5.73 Å². The monoisotopic (exact) mass is 233 g/mol. The second kappa shape index (κ2) is 3.77. The average Bonchev–Trinajstić information content (AvgIpc) is 2.13. The molecule has 0 fully saturated rings. The third-order valence-electron chi connectivity index (χ3n) is 0.985. The van der Waals surface area contributed by atoms with Crippen LogP contribution in [-0.2, 0) is 0 Å². The SMILES string of the molecule is NCC1=CC=CI=C=C1. The molecule has 2 heteroatoms. The van der Waals surface area contributed by atoms with Gasteiger partial charge in [-0.3, -0.25) is 0 Å². The van der Waals surface area contributed by atoms with Crippen LogP contribution in [-0.4, -0.2) is 10.2 Å². The summed E-state index contributed by atoms with van der Waals surface area (Å²) in [6, 6.07) is 0. The third kappa shape index (κ3) is 2.26. The van der Waals surface area contributed by atoms with Gasteiger partial charge in [0.05, 0.1) is 0 Å². The maximum absolute atomic E-state index is 5.41. The van der Waals surface area contributed by atoms with Crippen molar-refractivity contribution in [2.24, 2.45) is 5.73 Å². The molecule has 0 aromatic carbocycles. The molecule has 2 N–H and O–H groups in total. The molecule has 1 nitrogen and oxygen atoms in total. The van der Waals surface area contributed by atoms with Crippen LogP contribution in [0.5, 0.6) is 0 Å². The molecule has 0 aliphatic carbocycles. The molecular formula is C7H8IN. The van der Waals surface area contributed by atoms with Crippen molar-refractivity contribution in [3.05, 3.63) is 27.9 Å². The summed E-state index contributed by atoms with van der Waals surface area (Å²) in [5.41, 5.74) is 6.58. The molecule has 0 bridgehead atoms. The number of hydrogen-bond acceptors (Lipinski definition) is 1. The fourth-order valence-corrected chi connectivity index (χ4v) is 1.71. The zero-order chi connectivity index (χ0) is 6.53. The number of allylic oxidation sites excluding steroid dienone is 2. The van der Waals surface area contributed by atoms with Crippen LogP contribution in [0, 0.1) is 0 Å². The van der Waals surface area contributed by atoms with Crippen LogP contribution in [0.1, 0.15) is 0 Å². The van der Waals surface area contributed by atoms with Crippen LogP contribution in [0.15, 0.2) is 27.9 Å². The molecule has 9 heavy (non-hydrogen) atoms. The van der Waals surface area contributed by atoms with E-state index in [-0.39, 0.29) is 20.7 Å². The molecule has 0 atom stereocenters. The molecule has 0 radical (unpaired) electrons. The van der Waals surface area contributed by atoms with E-state index < -0.39 is 0 Å². The summed E-state index contributed by atoms with van der Waals surface area (Å²) in [6.07, 6.45) is 6.10. The first-order valence-electron chi connectivity index (χ1n) is 2.70. The second-order valence-corrected chi connectivity index (χ2v) is 3.59. The zero-order valence-electron chi connectivity index (χ0n) is 4.97. The van der Waals surface area contributed by atoms with Crippen molar-refractivity contribution in [1.29, 1.82) is 0 Å². The van der Waals surface area contributed by atoms with Gasteiger partial charge in [0.2, 0.25) is 0 Å². The van der Waals surface area contributed by atoms with Gasteiger partial charge >= 0.3 is 0 Å². The standard InChI is InChI=1S/C7H8IN/c9-6-7-2-1-4-8-5-3-7/h1-4H,6,9H2. The van der Waals surface area contributed by atoms with Crippen LogP contribution in [0.3, 0.4) is 0 Å². The minimum absolute atomic E-state index is 0.0602. The molecule has 0 amide bonds. The molecule has 0 unspecified atom stereocenters. The van der Waals surface area contributed by atoms with Gasteiger partial charge in [-0.15, -0.1) is 0 Å². The summed E-state index contributed by atoms with van der Waals surface area (Å²) < 4.78 is 5.36. The Morgan fingerprint density at radius 2 is 2.56 bits per heavy atom. The maximum Gasteiger partial charge on any atom is 0.0184 e. The van der Waals surface area contributed by atoms with E-state index in [1.807, 2.05) is 12.2 Å². The highest BCUT2D eigenvalue weighted by Crippen LogP contribution is 2.03. The lowest BCUT2D eigenvalue weighted by molar-refractivity contribution is 1.19. The van der Waals surface area contributed by atoms with E-state index in [0.29, 0.717) is 6.54 Å². The van der Waals surface area contributed by atoms with Crippen molar-refractivity contribution in [1.82, 2.24) is 0 Å². The lowest BCUT2D eigenvalue weighted by Crippen LogP contribution is -1.99. The Balaban J connectivity index is 2.82. The maximum atomic E-state index is 5.41. The van der Waals surface area contributed by atoms with Crippen molar-refractivity contribution in [3.63, 3.8) is 0 Å². The molecule has 1 heterocycles. The molecule has 48 valence electrons. The minimum Gasteiger partial charge on any atom is -0.326 e. The van der Waals surface area contributed by atoms with Gasteiger partial charge in [0.15, 0.2) is 0 Å². The van der Waals surface area contributed by atoms with Crippen molar-refractivity contribution in [2.75, 3.05) is 6.54 Å². The van der Waals surface area contributed by atoms with Gasteiger partial charge in [0.1, 0.15) is 0 Å². The van der Waals surface area contributed by atoms with Crippen LogP contribution >= 0.6 is 20.7 Å². The second-order valence-electron chi connectivity index (χ2n) is 1.63. The van der Waals surface area contributed by atoms with Crippen molar-refractivity contribution < 1.29 is 0 Å². The third-order valence-corrected chi connectivity index (χ3v) is 2.43. The van der Waals surface area contributed by atoms with Crippen LogP contribution in [0.2, 0.25) is 0 Å². The number of rotatable bonds is 1. The van der Waals surface area contributed by atoms with Crippen LogP contribution in [0.25, 0.3) is 0 Å². The lowest BCUT2D eigenvalue weighted by Gasteiger charge is -1.88. The summed E-state index contributed by atoms with van der Waals surface area (Å²) in [5.74, 6) is 0. The van der Waals surface area contributed by atoms with Gasteiger partial charge in [0, 0.05) is 6.54 Å². The molecule has 1 rings (SSSR count). The largest absolute Gasteiger partial charge is 0.326 e. The van der Waals surface area contributed by atoms with E-state index in [1.165, 1.54) is 5.57 Å². The summed E-state index contributed by atoms with van der Waals surface area (Å²) in [7, 11) is 0. The van der Waals surface area contributed by atoms with Gasteiger partial charge in [-0.2, -0.15) is 0 Å². The Hall–Kier alpha value is -0.180. The highest BCUT2D eigenvalue weighted by molar-refractivity contribution is 14.2. The molecule has 0 saturated heterocycles. The van der Waals surface area contributed by atoms with Crippen molar-refractivity contribution in [2.45, 2.75) is 0 Å². The highest BCUT2D eigenvalue weighted by atomic mass is 127. The van der Waals surface area contributed by atoms with Crippen molar-refractivity contribution in [3.8, 4) is 0 Å². The van der Waals surface area contributed by atoms with Crippen LogP contribution in [0.4, 0.5) is 0 Å². The molecule has 0 aromatic heterocycles. The first-order valence-corrected chi connectivity index (χ1v) is 5.03. The van der Waals surface area contributed by atoms with Crippen LogP contribution < -0.4 is 5.73 Å². The summed E-state index contributed by atoms with van der Waals surface area (Å²) >= 11 is 0.0602. The molecule has 0 aromatic rings. The molecule has 1 aliphatic rings. The van der Waals surface area contributed by atoms with E-state index in [2.05, 4.69) is 13.8 Å². The van der Waals surface area contributed by atoms with E-state index in [1.54, 1.807) is 0 Å². The van der Waals surface area contributed by atoms with E-state index >= 15 is 0 Å². The lowest BCUT2D eigenvalue weighted by atomic mass is 10.2. The molecule has 1 aliphatic heterocycles. The molecule has 0 spiro atoms. The molecule has 0 saturated carbocycles. The van der Waals surface area contributed by atoms with Gasteiger partial charge in [-0.25, -0.2) is 0 Å². The molecular weight excluding hydrogens is 225 g/mol. The van der Waals surface area contributed by atoms with E-state index in [4.69, 9.17) is 5.73 Å². The Kier molecular flexibility index (Phi) is 2.91. The summed E-state index contributed by atoms with van der Waals surface area (Å²) in [6.45, 7) is 0.626. The van der Waals surface area contributed by atoms with E-state index in [9.17, 15) is 0 Å². The first kappa shape index (κ1) is 6.93.